The van der Waals surface area contributed by atoms with Crippen LogP contribution in [-0.2, 0) is 19.7 Å². The van der Waals surface area contributed by atoms with Crippen molar-refractivity contribution in [3.8, 4) is 0 Å². The second kappa shape index (κ2) is 31.4. The normalized spacial score (nSPS) is 12.0. The van der Waals surface area contributed by atoms with Crippen LogP contribution in [0.5, 0.6) is 0 Å². The molecule has 0 radical (unpaired) electrons. The second-order valence-electron chi connectivity index (χ2n) is 11.8. The molecule has 240 valence electrons. The fourth-order valence-electron chi connectivity index (χ4n) is 4.26. The van der Waals surface area contributed by atoms with Gasteiger partial charge in [0.15, 0.2) is 0 Å². The maximum Gasteiger partial charge on any atom is 1.00 e. The molecule has 1 unspecified atom stereocenters. The van der Waals surface area contributed by atoms with Gasteiger partial charge >= 0.3 is 29.6 Å². The fourth-order valence-corrected chi connectivity index (χ4v) is 4.71. The molecule has 0 aliphatic rings. The Morgan fingerprint density at radius 1 is 0.683 bits per heavy atom. The minimum absolute atomic E-state index is 0. The first kappa shape index (κ1) is 45.4. The Balaban J connectivity index is -0.000000718. The van der Waals surface area contributed by atoms with Crippen LogP contribution in [0.2, 0.25) is 0 Å². The third kappa shape index (κ3) is 37.9. The molecule has 1 amide bonds. The van der Waals surface area contributed by atoms with Gasteiger partial charge in [-0.3, -0.25) is 9.59 Å². The molecule has 0 fully saturated rings. The van der Waals surface area contributed by atoms with Gasteiger partial charge in [-0.15, -0.1) is 0 Å². The predicted octanol–water partition coefficient (Wildman–Crippen LogP) is 3.15. The van der Waals surface area contributed by atoms with E-state index >= 15 is 0 Å². The number of ketones is 1. The number of nitrogens with one attached hydrogen (secondary N) is 1. The number of hydrogen-bond acceptors (Lipinski definition) is 7. The Bertz CT molecular complexity index is 706. The van der Waals surface area contributed by atoms with Crippen LogP contribution in [0.15, 0.2) is 0 Å². The van der Waals surface area contributed by atoms with E-state index in [1.165, 1.54) is 39.0 Å². The quantitative estimate of drug-likeness (QED) is 0.0907. The summed E-state index contributed by atoms with van der Waals surface area (Å²) in [7, 11) is 4.07. The molecule has 1 N–H and O–H groups in total. The number of Topliss-reactive ketones (excluding diaryl/α,β-unsaturated/α-hetero) is 1. The van der Waals surface area contributed by atoms with Crippen molar-refractivity contribution in [3.05, 3.63) is 0 Å². The van der Waals surface area contributed by atoms with E-state index in [4.69, 9.17) is 0 Å². The average molecular weight is 614 g/mol. The predicted molar refractivity (Wildman–Crippen MR) is 168 cm³/mol. The third-order valence-corrected chi connectivity index (χ3v) is 8.20. The minimum Gasteiger partial charge on any atom is -0.748 e. The van der Waals surface area contributed by atoms with Crippen LogP contribution < -0.4 is 34.9 Å². The molecule has 0 rings (SSSR count). The zero-order chi connectivity index (χ0) is 30.7. The van der Waals surface area contributed by atoms with Gasteiger partial charge in [-0.1, -0.05) is 71.1 Å². The number of carbonyl (C=O) groups excluding carboxylic acids is 2. The molecule has 8 nitrogen and oxygen atoms in total. The van der Waals surface area contributed by atoms with Gasteiger partial charge < -0.3 is 19.7 Å². The summed E-state index contributed by atoms with van der Waals surface area (Å²) < 4.78 is 32.2. The van der Waals surface area contributed by atoms with E-state index in [9.17, 15) is 22.6 Å². The van der Waals surface area contributed by atoms with E-state index in [1.807, 2.05) is 14.1 Å². The summed E-state index contributed by atoms with van der Waals surface area (Å²) in [4.78, 5) is 27.4. The van der Waals surface area contributed by atoms with Crippen LogP contribution in [-0.4, -0.2) is 87.5 Å². The first-order chi connectivity index (χ1) is 18.9. The van der Waals surface area contributed by atoms with E-state index in [1.54, 1.807) is 0 Å². The van der Waals surface area contributed by atoms with Crippen molar-refractivity contribution in [2.24, 2.45) is 0 Å². The third-order valence-electron chi connectivity index (χ3n) is 6.98. The molecule has 0 saturated carbocycles. The summed E-state index contributed by atoms with van der Waals surface area (Å²) in [6, 6.07) is 0. The molecule has 10 heteroatoms. The molecule has 0 heterocycles. The summed E-state index contributed by atoms with van der Waals surface area (Å²) in [6.07, 6.45) is 19.1. The molecule has 0 aliphatic heterocycles. The Labute approximate surface area is 276 Å². The van der Waals surface area contributed by atoms with Crippen molar-refractivity contribution in [2.45, 2.75) is 141 Å². The minimum atomic E-state index is -4.13. The van der Waals surface area contributed by atoms with Gasteiger partial charge in [0.1, 0.15) is 5.78 Å². The van der Waals surface area contributed by atoms with E-state index in [0.29, 0.717) is 18.6 Å². The molecule has 0 aromatic rings. The summed E-state index contributed by atoms with van der Waals surface area (Å²) in [6.45, 7) is 6.52. The van der Waals surface area contributed by atoms with Gasteiger partial charge in [0, 0.05) is 31.1 Å². The van der Waals surface area contributed by atoms with Crippen molar-refractivity contribution < 1.29 is 52.1 Å². The summed E-state index contributed by atoms with van der Waals surface area (Å²) in [5.41, 5.74) is 0. The first-order valence-electron chi connectivity index (χ1n) is 15.9. The molecule has 0 saturated heterocycles. The van der Waals surface area contributed by atoms with Crippen molar-refractivity contribution in [2.75, 3.05) is 47.8 Å². The summed E-state index contributed by atoms with van der Waals surface area (Å²) >= 11 is 0. The largest absolute Gasteiger partial charge is 1.00 e. The molecule has 0 aromatic carbocycles. The van der Waals surface area contributed by atoms with E-state index in [2.05, 4.69) is 36.1 Å². The van der Waals surface area contributed by atoms with E-state index in [0.717, 1.165) is 96.7 Å². The maximum atomic E-state index is 11.6. The van der Waals surface area contributed by atoms with Gasteiger partial charge in [-0.2, -0.15) is 0 Å². The van der Waals surface area contributed by atoms with Crippen LogP contribution in [0.3, 0.4) is 0 Å². The van der Waals surface area contributed by atoms with Crippen LogP contribution in [0, 0.1) is 0 Å². The van der Waals surface area contributed by atoms with Gasteiger partial charge in [0.05, 0.1) is 10.1 Å². The number of amides is 1. The molecular formula is C31H64N3NaO5S. The Morgan fingerprint density at radius 3 is 1.63 bits per heavy atom. The maximum absolute atomic E-state index is 11.6. The number of hydrogen-bond donors (Lipinski definition) is 1. The molecule has 0 spiro atoms. The smallest absolute Gasteiger partial charge is 0.748 e. The Morgan fingerprint density at radius 2 is 1.12 bits per heavy atom. The molecule has 0 bridgehead atoms. The number of nitrogens with zero attached hydrogens (tertiary/aromatic N) is 2. The van der Waals surface area contributed by atoms with Crippen molar-refractivity contribution >= 4 is 21.8 Å². The van der Waals surface area contributed by atoms with Crippen LogP contribution >= 0.6 is 0 Å². The van der Waals surface area contributed by atoms with Gasteiger partial charge in [0.2, 0.25) is 5.91 Å². The molecule has 0 aliphatic carbocycles. The van der Waals surface area contributed by atoms with Gasteiger partial charge in [-0.25, -0.2) is 8.42 Å². The monoisotopic (exact) mass is 613 g/mol. The Hall–Kier alpha value is -0.0300. The second-order valence-corrected chi connectivity index (χ2v) is 13.6. The number of carbonyl (C=O) groups is 2. The number of unbranched alkanes of at least 4 members (excludes halogenated alkanes) is 11. The fraction of sp³-hybridized carbons (Fsp3) is 0.935. The topological polar surface area (TPSA) is 110 Å². The van der Waals surface area contributed by atoms with Crippen molar-refractivity contribution in [1.29, 1.82) is 0 Å². The van der Waals surface area contributed by atoms with Gasteiger partial charge in [0.25, 0.3) is 0 Å². The van der Waals surface area contributed by atoms with Crippen LogP contribution in [0.25, 0.3) is 0 Å². The standard InChI is InChI=1S/C16H34N2O4S.C15H31NO.Na/c1-15(23(20,21)22)11-8-6-4-5-7-9-12-16(19)17-13-10-14-18(2)3;1-4-5-6-7-8-9-12-15(17)13-10-11-14-16(2)3;/h15H,4-14H2,1-3H3,(H,17,19)(H,20,21,22);4-14H2,1-3H3;/q;;+1/p-1. The molecular weight excluding hydrogens is 549 g/mol. The van der Waals surface area contributed by atoms with Crippen molar-refractivity contribution in [1.82, 2.24) is 15.1 Å². The summed E-state index contributed by atoms with van der Waals surface area (Å²) in [5, 5.41) is 2.14. The van der Waals surface area contributed by atoms with Crippen molar-refractivity contribution in [3.63, 3.8) is 0 Å². The summed E-state index contributed by atoms with van der Waals surface area (Å²) in [5.74, 6) is 0.595. The SMILES string of the molecule is CC(CCCCCCCCC(=O)NCCCN(C)C)S(=O)(=O)[O-].CCCCCCCCC(=O)CCCCN(C)C.[Na+]. The zero-order valence-corrected chi connectivity index (χ0v) is 30.8. The zero-order valence-electron chi connectivity index (χ0n) is 28.0. The van der Waals surface area contributed by atoms with Crippen LogP contribution in [0.4, 0.5) is 0 Å². The van der Waals surface area contributed by atoms with Gasteiger partial charge in [-0.05, 0) is 86.7 Å². The van der Waals surface area contributed by atoms with E-state index < -0.39 is 15.4 Å². The molecule has 41 heavy (non-hydrogen) atoms. The first-order valence-corrected chi connectivity index (χ1v) is 17.4. The number of rotatable bonds is 26. The Kier molecular flexibility index (Phi) is 34.8. The molecule has 0 aromatic heterocycles. The average Bonchev–Trinajstić information content (AvgIpc) is 2.87. The van der Waals surface area contributed by atoms with Crippen LogP contribution in [0.1, 0.15) is 136 Å². The molecule has 1 atom stereocenters. The van der Waals surface area contributed by atoms with E-state index in [-0.39, 0.29) is 35.5 Å².